The van der Waals surface area contributed by atoms with Crippen molar-refractivity contribution in [2.75, 3.05) is 25.0 Å². The first-order valence-electron chi connectivity index (χ1n) is 6.82. The molecule has 1 aromatic rings. The first-order valence-corrected chi connectivity index (χ1v) is 8.26. The highest BCUT2D eigenvalue weighted by Crippen LogP contribution is 2.23. The molecule has 6 nitrogen and oxygen atoms in total. The van der Waals surface area contributed by atoms with Crippen molar-refractivity contribution in [1.82, 2.24) is 4.31 Å². The number of aliphatic hydroxyl groups excluding tert-OH is 1. The average molecular weight is 314 g/mol. The fourth-order valence-corrected chi connectivity index (χ4v) is 3.79. The number of anilines is 1. The molecule has 0 saturated heterocycles. The van der Waals surface area contributed by atoms with Gasteiger partial charge < -0.3 is 10.4 Å². The predicted octanol–water partition coefficient (Wildman–Crippen LogP) is 1.35. The minimum Gasteiger partial charge on any atom is -0.395 e. The monoisotopic (exact) mass is 314 g/mol. The molecule has 0 aromatic heterocycles. The van der Waals surface area contributed by atoms with Gasteiger partial charge in [0.15, 0.2) is 0 Å². The number of rotatable bonds is 7. The minimum absolute atomic E-state index is 0.0555. The summed E-state index contributed by atoms with van der Waals surface area (Å²) in [5, 5.41) is 11.6. The number of amides is 1. The summed E-state index contributed by atoms with van der Waals surface area (Å²) in [6.45, 7) is 5.10. The lowest BCUT2D eigenvalue weighted by Crippen LogP contribution is -2.34. The molecule has 0 fully saturated rings. The van der Waals surface area contributed by atoms with Gasteiger partial charge in [0.05, 0.1) is 11.5 Å². The Morgan fingerprint density at radius 2 is 2.00 bits per heavy atom. The van der Waals surface area contributed by atoms with E-state index in [0.717, 1.165) is 0 Å². The molecule has 0 radical (unpaired) electrons. The van der Waals surface area contributed by atoms with Crippen molar-refractivity contribution in [2.45, 2.75) is 32.1 Å². The van der Waals surface area contributed by atoms with Gasteiger partial charge in [-0.1, -0.05) is 13.0 Å². The zero-order valence-electron chi connectivity index (χ0n) is 12.6. The standard InChI is InChI=1S/C14H22N2O4S/c1-4-7-16(8-9-17)21(19,20)14-10-13(15-12(3)18)6-5-11(14)2/h5-6,10,17H,4,7-9H2,1-3H3,(H,15,18). The summed E-state index contributed by atoms with van der Waals surface area (Å²) in [7, 11) is -3.69. The third-order valence-corrected chi connectivity index (χ3v) is 4.99. The van der Waals surface area contributed by atoms with Crippen molar-refractivity contribution in [3.8, 4) is 0 Å². The molecule has 0 aliphatic carbocycles. The van der Waals surface area contributed by atoms with E-state index in [0.29, 0.717) is 24.2 Å². The molecular weight excluding hydrogens is 292 g/mol. The molecule has 1 rings (SSSR count). The second-order valence-corrected chi connectivity index (χ2v) is 6.70. The average Bonchev–Trinajstić information content (AvgIpc) is 2.40. The van der Waals surface area contributed by atoms with E-state index < -0.39 is 10.0 Å². The molecule has 0 spiro atoms. The molecule has 1 amide bonds. The van der Waals surface area contributed by atoms with Crippen LogP contribution in [0, 0.1) is 6.92 Å². The number of carbonyl (C=O) groups is 1. The van der Waals surface area contributed by atoms with Gasteiger partial charge in [0.25, 0.3) is 0 Å². The normalized spacial score (nSPS) is 11.7. The van der Waals surface area contributed by atoms with E-state index in [1.54, 1.807) is 19.1 Å². The number of nitrogens with zero attached hydrogens (tertiary/aromatic N) is 1. The van der Waals surface area contributed by atoms with Crippen molar-refractivity contribution < 1.29 is 18.3 Å². The van der Waals surface area contributed by atoms with E-state index in [-0.39, 0.29) is 24.0 Å². The Balaban J connectivity index is 3.24. The van der Waals surface area contributed by atoms with Crippen LogP contribution in [0.25, 0.3) is 0 Å². The molecule has 0 aliphatic rings. The molecule has 118 valence electrons. The van der Waals surface area contributed by atoms with Crippen LogP contribution < -0.4 is 5.32 Å². The number of nitrogens with one attached hydrogen (secondary N) is 1. The SMILES string of the molecule is CCCN(CCO)S(=O)(=O)c1cc(NC(C)=O)ccc1C. The molecule has 0 unspecified atom stereocenters. The van der Waals surface area contributed by atoms with Gasteiger partial charge in [0, 0.05) is 25.7 Å². The van der Waals surface area contributed by atoms with Gasteiger partial charge in [-0.25, -0.2) is 8.42 Å². The van der Waals surface area contributed by atoms with Crippen LogP contribution in [0.5, 0.6) is 0 Å². The maximum Gasteiger partial charge on any atom is 0.243 e. The fourth-order valence-electron chi connectivity index (χ4n) is 2.01. The number of benzene rings is 1. The number of hydrogen-bond acceptors (Lipinski definition) is 4. The summed E-state index contributed by atoms with van der Waals surface area (Å²) < 4.78 is 26.6. The molecule has 0 bridgehead atoms. The molecule has 2 N–H and O–H groups in total. The van der Waals surface area contributed by atoms with Crippen LogP contribution >= 0.6 is 0 Å². The second-order valence-electron chi connectivity index (χ2n) is 4.79. The van der Waals surface area contributed by atoms with E-state index in [1.807, 2.05) is 6.92 Å². The topological polar surface area (TPSA) is 86.7 Å². The first kappa shape index (κ1) is 17.6. The Kier molecular flexibility index (Phi) is 6.32. The third-order valence-electron chi connectivity index (χ3n) is 2.95. The summed E-state index contributed by atoms with van der Waals surface area (Å²) in [5.74, 6) is -0.261. The number of carbonyl (C=O) groups excluding carboxylic acids is 1. The van der Waals surface area contributed by atoms with Crippen molar-refractivity contribution in [3.63, 3.8) is 0 Å². The van der Waals surface area contributed by atoms with Gasteiger partial charge in [0.1, 0.15) is 0 Å². The highest BCUT2D eigenvalue weighted by molar-refractivity contribution is 7.89. The fraction of sp³-hybridized carbons (Fsp3) is 0.500. The Hall–Kier alpha value is -1.44. The Bertz CT molecular complexity index is 593. The Labute approximate surface area is 125 Å². The molecule has 7 heteroatoms. The maximum absolute atomic E-state index is 12.7. The quantitative estimate of drug-likeness (QED) is 0.795. The molecule has 0 atom stereocenters. The smallest absolute Gasteiger partial charge is 0.243 e. The van der Waals surface area contributed by atoms with Crippen LogP contribution in [0.2, 0.25) is 0 Å². The number of hydrogen-bond donors (Lipinski definition) is 2. The van der Waals surface area contributed by atoms with Crippen LogP contribution in [0.4, 0.5) is 5.69 Å². The van der Waals surface area contributed by atoms with Crippen molar-refractivity contribution in [2.24, 2.45) is 0 Å². The summed E-state index contributed by atoms with van der Waals surface area (Å²) in [5.41, 5.74) is 1.04. The van der Waals surface area contributed by atoms with Gasteiger partial charge in [-0.3, -0.25) is 4.79 Å². The van der Waals surface area contributed by atoms with Gasteiger partial charge in [-0.2, -0.15) is 4.31 Å². The molecular formula is C14H22N2O4S. The zero-order valence-corrected chi connectivity index (χ0v) is 13.4. The van der Waals surface area contributed by atoms with Crippen molar-refractivity contribution >= 4 is 21.6 Å². The highest BCUT2D eigenvalue weighted by Gasteiger charge is 2.25. The predicted molar refractivity (Wildman–Crippen MR) is 81.6 cm³/mol. The summed E-state index contributed by atoms with van der Waals surface area (Å²) in [6, 6.07) is 4.76. The van der Waals surface area contributed by atoms with Crippen molar-refractivity contribution in [1.29, 1.82) is 0 Å². The van der Waals surface area contributed by atoms with Crippen LogP contribution in [0.15, 0.2) is 23.1 Å². The van der Waals surface area contributed by atoms with Gasteiger partial charge in [-0.05, 0) is 31.0 Å². The molecule has 0 heterocycles. The lowest BCUT2D eigenvalue weighted by atomic mass is 10.2. The third kappa shape index (κ3) is 4.52. The molecule has 1 aromatic carbocycles. The van der Waals surface area contributed by atoms with Crippen LogP contribution in [0.1, 0.15) is 25.8 Å². The molecule has 0 saturated carbocycles. The van der Waals surface area contributed by atoms with Crippen molar-refractivity contribution in [3.05, 3.63) is 23.8 Å². The summed E-state index contributed by atoms with van der Waals surface area (Å²) in [4.78, 5) is 11.2. The van der Waals surface area contributed by atoms with Gasteiger partial charge >= 0.3 is 0 Å². The molecule has 21 heavy (non-hydrogen) atoms. The number of aliphatic hydroxyl groups is 1. The maximum atomic E-state index is 12.7. The highest BCUT2D eigenvalue weighted by atomic mass is 32.2. The van der Waals surface area contributed by atoms with E-state index in [9.17, 15) is 13.2 Å². The van der Waals surface area contributed by atoms with Crippen LogP contribution in [0.3, 0.4) is 0 Å². The van der Waals surface area contributed by atoms with E-state index in [1.165, 1.54) is 17.3 Å². The van der Waals surface area contributed by atoms with Gasteiger partial charge in [-0.15, -0.1) is 0 Å². The second kappa shape index (κ2) is 7.53. The number of aryl methyl sites for hydroxylation is 1. The summed E-state index contributed by atoms with van der Waals surface area (Å²) in [6.07, 6.45) is 0.656. The van der Waals surface area contributed by atoms with E-state index in [4.69, 9.17) is 5.11 Å². The van der Waals surface area contributed by atoms with Gasteiger partial charge in [0.2, 0.25) is 15.9 Å². The number of sulfonamides is 1. The zero-order chi connectivity index (χ0) is 16.0. The lowest BCUT2D eigenvalue weighted by Gasteiger charge is -2.22. The van der Waals surface area contributed by atoms with E-state index in [2.05, 4.69) is 5.32 Å². The van der Waals surface area contributed by atoms with Crippen LogP contribution in [-0.2, 0) is 14.8 Å². The van der Waals surface area contributed by atoms with E-state index >= 15 is 0 Å². The Morgan fingerprint density at radius 3 is 2.52 bits per heavy atom. The Morgan fingerprint density at radius 1 is 1.33 bits per heavy atom. The van der Waals surface area contributed by atoms with Crippen LogP contribution in [-0.4, -0.2) is 43.4 Å². The lowest BCUT2D eigenvalue weighted by molar-refractivity contribution is -0.114. The minimum atomic E-state index is -3.69. The summed E-state index contributed by atoms with van der Waals surface area (Å²) >= 11 is 0. The largest absolute Gasteiger partial charge is 0.395 e. The molecule has 0 aliphatic heterocycles. The first-order chi connectivity index (χ1) is 9.82.